The molecule has 2 N–H and O–H groups in total. The van der Waals surface area contributed by atoms with Crippen LogP contribution in [-0.4, -0.2) is 23.1 Å². The number of nitrogens with one attached hydrogen (secondary N) is 2. The number of rotatable bonds is 7. The molecule has 0 aliphatic carbocycles. The van der Waals surface area contributed by atoms with Crippen molar-refractivity contribution in [1.82, 2.24) is 9.97 Å². The lowest BCUT2D eigenvalue weighted by molar-refractivity contribution is 0.866. The fourth-order valence-electron chi connectivity index (χ4n) is 2.81. The Hall–Kier alpha value is -3.59. The van der Waals surface area contributed by atoms with Gasteiger partial charge in [0.25, 0.3) is 0 Å². The SMILES string of the molecule is CCN(CC)c1ccc(Nc2cc(Nc3ccccc3C#N)ncn2)cc1. The zero-order valence-electron chi connectivity index (χ0n) is 15.5. The molecule has 0 fully saturated rings. The van der Waals surface area contributed by atoms with Gasteiger partial charge in [-0.2, -0.15) is 5.26 Å². The Bertz CT molecular complexity index is 926. The third-order valence-electron chi connectivity index (χ3n) is 4.25. The topological polar surface area (TPSA) is 76.9 Å². The van der Waals surface area contributed by atoms with Crippen molar-refractivity contribution in [2.45, 2.75) is 13.8 Å². The van der Waals surface area contributed by atoms with Gasteiger partial charge >= 0.3 is 0 Å². The first-order valence-corrected chi connectivity index (χ1v) is 8.93. The molecule has 6 nitrogen and oxygen atoms in total. The molecule has 2 aromatic carbocycles. The third-order valence-corrected chi connectivity index (χ3v) is 4.25. The number of nitrogens with zero attached hydrogens (tertiary/aromatic N) is 4. The molecule has 0 radical (unpaired) electrons. The maximum atomic E-state index is 9.20. The van der Waals surface area contributed by atoms with Gasteiger partial charge in [-0.25, -0.2) is 9.97 Å². The Kier molecular flexibility index (Phi) is 5.85. The molecule has 0 saturated carbocycles. The van der Waals surface area contributed by atoms with Crippen molar-refractivity contribution < 1.29 is 0 Å². The summed E-state index contributed by atoms with van der Waals surface area (Å²) in [5.41, 5.74) is 3.43. The number of para-hydroxylation sites is 1. The molecule has 0 aliphatic rings. The van der Waals surface area contributed by atoms with Gasteiger partial charge in [0, 0.05) is 30.5 Å². The molecule has 0 amide bonds. The summed E-state index contributed by atoms with van der Waals surface area (Å²) in [6.45, 7) is 6.26. The van der Waals surface area contributed by atoms with E-state index in [1.807, 2.05) is 36.4 Å². The van der Waals surface area contributed by atoms with Crippen LogP contribution in [0.4, 0.5) is 28.7 Å². The van der Waals surface area contributed by atoms with Crippen LogP contribution < -0.4 is 15.5 Å². The zero-order chi connectivity index (χ0) is 19.1. The second-order valence-electron chi connectivity index (χ2n) is 5.92. The predicted molar refractivity (Wildman–Crippen MR) is 110 cm³/mol. The van der Waals surface area contributed by atoms with Crippen molar-refractivity contribution in [3.8, 4) is 6.07 Å². The van der Waals surface area contributed by atoms with Gasteiger partial charge < -0.3 is 15.5 Å². The lowest BCUT2D eigenvalue weighted by atomic mass is 10.2. The average Bonchev–Trinajstić information content (AvgIpc) is 2.71. The highest BCUT2D eigenvalue weighted by molar-refractivity contribution is 5.67. The number of benzene rings is 2. The first-order valence-electron chi connectivity index (χ1n) is 8.93. The molecule has 0 saturated heterocycles. The van der Waals surface area contributed by atoms with Gasteiger partial charge in [0.15, 0.2) is 0 Å². The summed E-state index contributed by atoms with van der Waals surface area (Å²) in [5.74, 6) is 1.30. The summed E-state index contributed by atoms with van der Waals surface area (Å²) in [4.78, 5) is 10.8. The molecular weight excluding hydrogens is 336 g/mol. The standard InChI is InChI=1S/C21H22N6/c1-3-27(4-2)18-11-9-17(10-12-18)25-20-13-21(24-15-23-20)26-19-8-6-5-7-16(19)14-22/h5-13,15H,3-4H2,1-2H3,(H2,23,24,25,26). The number of aromatic nitrogens is 2. The Morgan fingerprint density at radius 3 is 2.26 bits per heavy atom. The highest BCUT2D eigenvalue weighted by Gasteiger charge is 2.05. The number of hydrogen-bond donors (Lipinski definition) is 2. The van der Waals surface area contributed by atoms with Crippen molar-refractivity contribution >= 4 is 28.7 Å². The van der Waals surface area contributed by atoms with E-state index in [0.717, 1.165) is 18.8 Å². The van der Waals surface area contributed by atoms with E-state index in [1.54, 1.807) is 6.07 Å². The minimum absolute atomic E-state index is 0.567. The summed E-state index contributed by atoms with van der Waals surface area (Å²) < 4.78 is 0. The van der Waals surface area contributed by atoms with Crippen molar-refractivity contribution in [2.24, 2.45) is 0 Å². The molecular formula is C21H22N6. The molecule has 1 aromatic heterocycles. The summed E-state index contributed by atoms with van der Waals surface area (Å²) in [5, 5.41) is 15.7. The Labute approximate surface area is 159 Å². The number of hydrogen-bond acceptors (Lipinski definition) is 6. The normalized spacial score (nSPS) is 10.1. The Morgan fingerprint density at radius 1 is 0.926 bits per heavy atom. The number of nitriles is 1. The van der Waals surface area contributed by atoms with Crippen LogP contribution in [0.3, 0.4) is 0 Å². The fraction of sp³-hybridized carbons (Fsp3) is 0.190. The lowest BCUT2D eigenvalue weighted by Crippen LogP contribution is -2.21. The molecule has 136 valence electrons. The van der Waals surface area contributed by atoms with Gasteiger partial charge in [-0.05, 0) is 50.2 Å². The summed E-state index contributed by atoms with van der Waals surface area (Å²) in [6.07, 6.45) is 1.49. The van der Waals surface area contributed by atoms with Crippen molar-refractivity contribution in [3.05, 3.63) is 66.5 Å². The van der Waals surface area contributed by atoms with E-state index in [2.05, 4.69) is 57.6 Å². The molecule has 1 heterocycles. The minimum atomic E-state index is 0.567. The maximum Gasteiger partial charge on any atom is 0.135 e. The fourth-order valence-corrected chi connectivity index (χ4v) is 2.81. The molecule has 0 unspecified atom stereocenters. The molecule has 0 atom stereocenters. The van der Waals surface area contributed by atoms with E-state index in [-0.39, 0.29) is 0 Å². The highest BCUT2D eigenvalue weighted by atomic mass is 15.1. The maximum absolute atomic E-state index is 9.20. The van der Waals surface area contributed by atoms with Crippen molar-refractivity contribution in [3.63, 3.8) is 0 Å². The van der Waals surface area contributed by atoms with Gasteiger partial charge in [-0.1, -0.05) is 12.1 Å². The zero-order valence-corrected chi connectivity index (χ0v) is 15.5. The Morgan fingerprint density at radius 2 is 1.59 bits per heavy atom. The van der Waals surface area contributed by atoms with Crippen LogP contribution in [0.15, 0.2) is 60.9 Å². The largest absolute Gasteiger partial charge is 0.372 e. The van der Waals surface area contributed by atoms with Gasteiger partial charge in [-0.15, -0.1) is 0 Å². The quantitative estimate of drug-likeness (QED) is 0.638. The van der Waals surface area contributed by atoms with Gasteiger partial charge in [0.2, 0.25) is 0 Å². The molecule has 0 bridgehead atoms. The van der Waals surface area contributed by atoms with Crippen LogP contribution in [0.2, 0.25) is 0 Å². The molecule has 3 aromatic rings. The van der Waals surface area contributed by atoms with E-state index in [9.17, 15) is 5.26 Å². The van der Waals surface area contributed by atoms with Crippen LogP contribution in [0.5, 0.6) is 0 Å². The highest BCUT2D eigenvalue weighted by Crippen LogP contribution is 2.23. The molecule has 0 aliphatic heterocycles. The van der Waals surface area contributed by atoms with E-state index in [4.69, 9.17) is 0 Å². The average molecular weight is 358 g/mol. The van der Waals surface area contributed by atoms with E-state index in [1.165, 1.54) is 12.0 Å². The van der Waals surface area contributed by atoms with Crippen LogP contribution >= 0.6 is 0 Å². The van der Waals surface area contributed by atoms with Crippen LogP contribution in [0, 0.1) is 11.3 Å². The third kappa shape index (κ3) is 4.53. The van der Waals surface area contributed by atoms with Gasteiger partial charge in [-0.3, -0.25) is 0 Å². The second-order valence-corrected chi connectivity index (χ2v) is 5.92. The van der Waals surface area contributed by atoms with Crippen LogP contribution in [0.25, 0.3) is 0 Å². The predicted octanol–water partition coefficient (Wildman–Crippen LogP) is 4.68. The lowest BCUT2D eigenvalue weighted by Gasteiger charge is -2.21. The van der Waals surface area contributed by atoms with Crippen LogP contribution in [0.1, 0.15) is 19.4 Å². The first-order chi connectivity index (χ1) is 13.2. The van der Waals surface area contributed by atoms with Crippen molar-refractivity contribution in [1.29, 1.82) is 5.26 Å². The smallest absolute Gasteiger partial charge is 0.135 e. The molecule has 6 heteroatoms. The monoisotopic (exact) mass is 358 g/mol. The van der Waals surface area contributed by atoms with E-state index < -0.39 is 0 Å². The van der Waals surface area contributed by atoms with Crippen LogP contribution in [-0.2, 0) is 0 Å². The van der Waals surface area contributed by atoms with E-state index >= 15 is 0 Å². The first kappa shape index (κ1) is 18.2. The van der Waals surface area contributed by atoms with E-state index in [0.29, 0.717) is 22.9 Å². The minimum Gasteiger partial charge on any atom is -0.372 e. The molecule has 3 rings (SSSR count). The number of anilines is 5. The summed E-state index contributed by atoms with van der Waals surface area (Å²) >= 11 is 0. The Balaban J connectivity index is 1.73. The van der Waals surface area contributed by atoms with Crippen molar-refractivity contribution in [2.75, 3.05) is 28.6 Å². The summed E-state index contributed by atoms with van der Waals surface area (Å²) in [7, 11) is 0. The molecule has 27 heavy (non-hydrogen) atoms. The summed E-state index contributed by atoms with van der Waals surface area (Å²) in [6, 6.07) is 19.6. The van der Waals surface area contributed by atoms with Gasteiger partial charge in [0.1, 0.15) is 24.0 Å². The van der Waals surface area contributed by atoms with Gasteiger partial charge in [0.05, 0.1) is 11.3 Å². The molecule has 0 spiro atoms. The second kappa shape index (κ2) is 8.68.